The molecule has 10 nitrogen and oxygen atoms in total. The van der Waals surface area contributed by atoms with Crippen molar-refractivity contribution in [1.82, 2.24) is 29.9 Å². The van der Waals surface area contributed by atoms with E-state index in [0.717, 1.165) is 29.7 Å². The van der Waals surface area contributed by atoms with Gasteiger partial charge in [0.05, 0.1) is 5.56 Å². The molecule has 2 saturated carbocycles. The normalized spacial score (nSPS) is 22.3. The maximum absolute atomic E-state index is 13.4. The lowest BCUT2D eigenvalue weighted by atomic mass is 9.83. The second-order valence-electron chi connectivity index (χ2n) is 10.6. The molecule has 3 aliphatic rings. The molecule has 14 heteroatoms. The summed E-state index contributed by atoms with van der Waals surface area (Å²) >= 11 is 1.41. The van der Waals surface area contributed by atoms with Gasteiger partial charge in [0, 0.05) is 36.5 Å². The Balaban J connectivity index is 1.25. The second kappa shape index (κ2) is 10.3. The maximum atomic E-state index is 13.4. The van der Waals surface area contributed by atoms with Gasteiger partial charge in [0.2, 0.25) is 11.9 Å². The topological polar surface area (TPSA) is 119 Å². The third-order valence-electron chi connectivity index (χ3n) is 7.73. The summed E-state index contributed by atoms with van der Waals surface area (Å²) in [7, 11) is 1.56. The van der Waals surface area contributed by atoms with Crippen LogP contribution in [0.25, 0.3) is 0 Å². The number of aromatic nitrogens is 5. The van der Waals surface area contributed by atoms with E-state index in [4.69, 9.17) is 0 Å². The van der Waals surface area contributed by atoms with Gasteiger partial charge in [0.15, 0.2) is 0 Å². The zero-order chi connectivity index (χ0) is 27.3. The largest absolute Gasteiger partial charge is 0.352 e. The van der Waals surface area contributed by atoms with Crippen molar-refractivity contribution in [3.8, 4) is 0 Å². The van der Waals surface area contributed by atoms with Gasteiger partial charge >= 0.3 is 0 Å². The highest BCUT2D eigenvalue weighted by atomic mass is 32.1. The highest BCUT2D eigenvalue weighted by Gasteiger charge is 2.37. The lowest BCUT2D eigenvalue weighted by Crippen LogP contribution is -2.36. The smallest absolute Gasteiger partial charge is 0.282 e. The van der Waals surface area contributed by atoms with Crippen LogP contribution in [0.4, 0.5) is 29.9 Å². The predicted octanol–water partition coefficient (Wildman–Crippen LogP) is 4.31. The number of alkyl halides is 3. The molecule has 0 unspecified atom stereocenters. The quantitative estimate of drug-likeness (QED) is 0.358. The summed E-state index contributed by atoms with van der Waals surface area (Å²) in [6.07, 6.45) is 2.47. The highest BCUT2D eigenvalue weighted by Crippen LogP contribution is 2.43. The summed E-state index contributed by atoms with van der Waals surface area (Å²) in [6.45, 7) is 0.594. The van der Waals surface area contributed by atoms with E-state index in [1.807, 2.05) is 4.57 Å². The van der Waals surface area contributed by atoms with Crippen LogP contribution in [-0.4, -0.2) is 49.1 Å². The molecule has 3 heterocycles. The second-order valence-corrected chi connectivity index (χ2v) is 11.7. The lowest BCUT2D eigenvalue weighted by Gasteiger charge is -2.28. The van der Waals surface area contributed by atoms with Crippen LogP contribution in [0.1, 0.15) is 71.1 Å². The lowest BCUT2D eigenvalue weighted by molar-refractivity contribution is -0.124. The van der Waals surface area contributed by atoms with Crippen molar-refractivity contribution in [2.45, 2.75) is 63.6 Å². The molecule has 3 aromatic heterocycles. The van der Waals surface area contributed by atoms with Crippen molar-refractivity contribution in [2.24, 2.45) is 18.9 Å². The van der Waals surface area contributed by atoms with Gasteiger partial charge < -0.3 is 16.0 Å². The number of thiophene rings is 1. The molecule has 0 saturated heterocycles. The number of carbonyl (C=O) groups is 2. The number of carbonyl (C=O) groups excluding carboxylic acids is 2. The fraction of sp³-hybridized carbons (Fsp3) is 0.560. The fourth-order valence-electron chi connectivity index (χ4n) is 5.18. The molecular weight excluding hydrogens is 533 g/mol. The van der Waals surface area contributed by atoms with Crippen LogP contribution in [0.15, 0.2) is 12.4 Å². The molecule has 0 radical (unpaired) electrons. The van der Waals surface area contributed by atoms with Gasteiger partial charge in [-0.2, -0.15) is 5.10 Å². The van der Waals surface area contributed by atoms with E-state index in [1.54, 1.807) is 13.4 Å². The van der Waals surface area contributed by atoms with Crippen molar-refractivity contribution in [3.63, 3.8) is 0 Å². The summed E-state index contributed by atoms with van der Waals surface area (Å²) in [6, 6.07) is 1.16. The van der Waals surface area contributed by atoms with E-state index < -0.39 is 12.6 Å². The highest BCUT2D eigenvalue weighted by molar-refractivity contribution is 7.17. The number of nitrogens with one attached hydrogen (secondary N) is 3. The van der Waals surface area contributed by atoms with Crippen molar-refractivity contribution in [2.75, 3.05) is 17.2 Å². The Labute approximate surface area is 226 Å². The van der Waals surface area contributed by atoms with Crippen LogP contribution in [0, 0.1) is 11.8 Å². The number of fused-ring (bicyclic) bond motifs is 1. The van der Waals surface area contributed by atoms with E-state index in [1.165, 1.54) is 22.1 Å². The van der Waals surface area contributed by atoms with Crippen molar-refractivity contribution >= 4 is 39.9 Å². The molecule has 208 valence electrons. The molecular formula is C25H29F3N8O2S. The summed E-state index contributed by atoms with van der Waals surface area (Å²) in [4.78, 5) is 27.2. The average molecular weight is 563 g/mol. The van der Waals surface area contributed by atoms with Gasteiger partial charge in [-0.3, -0.25) is 18.8 Å². The van der Waals surface area contributed by atoms with Gasteiger partial charge in [0.1, 0.15) is 29.0 Å². The number of hydrogen-bond donors (Lipinski definition) is 3. The Kier molecular flexibility index (Phi) is 6.81. The third kappa shape index (κ3) is 5.25. The molecule has 39 heavy (non-hydrogen) atoms. The van der Waals surface area contributed by atoms with Crippen LogP contribution in [0.2, 0.25) is 0 Å². The Morgan fingerprint density at radius 1 is 1.23 bits per heavy atom. The summed E-state index contributed by atoms with van der Waals surface area (Å²) in [5.41, 5.74) is 1.00. The third-order valence-corrected chi connectivity index (χ3v) is 8.93. The molecule has 2 amide bonds. The summed E-state index contributed by atoms with van der Waals surface area (Å²) in [5, 5.41) is 21.5. The zero-order valence-corrected chi connectivity index (χ0v) is 22.1. The average Bonchev–Trinajstić information content (AvgIpc) is 3.30. The van der Waals surface area contributed by atoms with Crippen molar-refractivity contribution in [3.05, 3.63) is 34.1 Å². The van der Waals surface area contributed by atoms with Crippen LogP contribution >= 0.6 is 11.3 Å². The van der Waals surface area contributed by atoms with E-state index >= 15 is 0 Å². The molecule has 3 aliphatic carbocycles. The van der Waals surface area contributed by atoms with Gasteiger partial charge in [-0.1, -0.05) is 0 Å². The number of halogens is 3. The minimum atomic E-state index is -2.69. The summed E-state index contributed by atoms with van der Waals surface area (Å²) in [5.74, 6) is 0.375. The van der Waals surface area contributed by atoms with E-state index in [0.29, 0.717) is 47.6 Å². The number of nitrogens with zero attached hydrogens (tertiary/aromatic N) is 5. The maximum Gasteiger partial charge on any atom is 0.282 e. The number of hydrogen-bond acceptors (Lipinski definition) is 7. The van der Waals surface area contributed by atoms with Crippen LogP contribution in [0.5, 0.6) is 0 Å². The molecule has 6 rings (SSSR count). The standard InChI is InChI=1S/C25H29F3N8O2S/c1-35-19(9-17(34-35)21(27)28)31-25-33-30-11-36(25)15-4-5-18-16(8-15)20(23(38)29-10-12-2-3-12)24(39-18)32-22(37)13-6-14(26)7-13/h9,11-15,21H,2-8,10H2,1H3,(H,29,38)(H,31,33)(H,32,37)/t13-,14-,15-/m0/s1. The Morgan fingerprint density at radius 3 is 2.72 bits per heavy atom. The first kappa shape index (κ1) is 25.8. The monoisotopic (exact) mass is 562 g/mol. The molecule has 3 N–H and O–H groups in total. The molecule has 0 spiro atoms. The fourth-order valence-corrected chi connectivity index (χ4v) is 6.43. The first-order valence-electron chi connectivity index (χ1n) is 13.1. The van der Waals surface area contributed by atoms with Gasteiger partial charge in [-0.15, -0.1) is 21.5 Å². The number of anilines is 3. The van der Waals surface area contributed by atoms with Crippen LogP contribution in [-0.2, 0) is 24.7 Å². The molecule has 3 aromatic rings. The van der Waals surface area contributed by atoms with Crippen molar-refractivity contribution < 1.29 is 22.8 Å². The first-order valence-corrected chi connectivity index (χ1v) is 13.9. The van der Waals surface area contributed by atoms with Gasteiger partial charge in [-0.25, -0.2) is 13.2 Å². The van der Waals surface area contributed by atoms with Gasteiger partial charge in [-0.05, 0) is 56.4 Å². The van der Waals surface area contributed by atoms with E-state index in [9.17, 15) is 22.8 Å². The minimum Gasteiger partial charge on any atom is -0.352 e. The molecule has 1 atom stereocenters. The molecule has 2 fully saturated rings. The summed E-state index contributed by atoms with van der Waals surface area (Å²) < 4.78 is 42.7. The van der Waals surface area contributed by atoms with Crippen molar-refractivity contribution in [1.29, 1.82) is 0 Å². The molecule has 0 bridgehead atoms. The Bertz CT molecular complexity index is 1390. The molecule has 0 aliphatic heterocycles. The van der Waals surface area contributed by atoms with Gasteiger partial charge in [0.25, 0.3) is 12.3 Å². The minimum absolute atomic E-state index is 0.107. The predicted molar refractivity (Wildman–Crippen MR) is 138 cm³/mol. The Morgan fingerprint density at radius 2 is 2.03 bits per heavy atom. The van der Waals surface area contributed by atoms with Crippen LogP contribution in [0.3, 0.4) is 0 Å². The van der Waals surface area contributed by atoms with E-state index in [2.05, 4.69) is 31.2 Å². The first-order chi connectivity index (χ1) is 18.8. The number of amides is 2. The molecule has 0 aromatic carbocycles. The number of aryl methyl sites for hydroxylation is 2. The zero-order valence-electron chi connectivity index (χ0n) is 21.3. The number of rotatable bonds is 9. The SMILES string of the molecule is Cn1nc(C(F)F)cc1Nc1nncn1[C@H]1CCc2sc(NC(=O)[C@H]3C[C@H](F)C3)c(C(=O)NCC3CC3)c2C1. The van der Waals surface area contributed by atoms with Crippen LogP contribution < -0.4 is 16.0 Å². The Hall–Kier alpha value is -3.42. The van der Waals surface area contributed by atoms with E-state index in [-0.39, 0.29) is 42.3 Å².